The van der Waals surface area contributed by atoms with Gasteiger partial charge in [0.15, 0.2) is 0 Å². The van der Waals surface area contributed by atoms with Gasteiger partial charge in [0.2, 0.25) is 0 Å². The summed E-state index contributed by atoms with van der Waals surface area (Å²) in [6, 6.07) is 5.56. The SMILES string of the molecule is Cc1ccc(C(=O)NCC(C)(O)CN(C)C)c(Br)c1. The molecule has 0 aromatic heterocycles. The average Bonchev–Trinajstić information content (AvgIpc) is 2.24. The van der Waals surface area contributed by atoms with Crippen molar-refractivity contribution in [3.8, 4) is 0 Å². The second-order valence-corrected chi connectivity index (χ2v) is 6.26. The molecule has 0 bridgehead atoms. The molecule has 0 aliphatic rings. The van der Waals surface area contributed by atoms with E-state index in [0.29, 0.717) is 12.1 Å². The summed E-state index contributed by atoms with van der Waals surface area (Å²) in [4.78, 5) is 13.9. The van der Waals surface area contributed by atoms with Crippen LogP contribution >= 0.6 is 15.9 Å². The minimum atomic E-state index is -0.948. The highest BCUT2D eigenvalue weighted by Gasteiger charge is 2.22. The van der Waals surface area contributed by atoms with Gasteiger partial charge in [0.05, 0.1) is 11.2 Å². The molecule has 0 aliphatic heterocycles. The Kier molecular flexibility index (Phi) is 5.52. The molecule has 0 fully saturated rings. The summed E-state index contributed by atoms with van der Waals surface area (Å²) in [7, 11) is 3.76. The van der Waals surface area contributed by atoms with E-state index in [0.717, 1.165) is 10.0 Å². The fourth-order valence-electron chi connectivity index (χ4n) is 1.91. The lowest BCUT2D eigenvalue weighted by atomic mass is 10.1. The highest BCUT2D eigenvalue weighted by Crippen LogP contribution is 2.18. The summed E-state index contributed by atoms with van der Waals surface area (Å²) in [5, 5.41) is 12.9. The number of rotatable bonds is 5. The summed E-state index contributed by atoms with van der Waals surface area (Å²) < 4.78 is 0.761. The molecule has 4 nitrogen and oxygen atoms in total. The standard InChI is InChI=1S/C14H21BrN2O2/c1-10-5-6-11(12(15)7-10)13(18)16-8-14(2,19)9-17(3)4/h5-7,19H,8-9H2,1-4H3,(H,16,18). The fraction of sp³-hybridized carbons (Fsp3) is 0.500. The van der Waals surface area contributed by atoms with Gasteiger partial charge in [-0.1, -0.05) is 6.07 Å². The average molecular weight is 329 g/mol. The third-order valence-electron chi connectivity index (χ3n) is 2.66. The highest BCUT2D eigenvalue weighted by atomic mass is 79.9. The van der Waals surface area contributed by atoms with E-state index in [1.807, 2.05) is 38.1 Å². The summed E-state index contributed by atoms with van der Waals surface area (Å²) >= 11 is 3.38. The van der Waals surface area contributed by atoms with Crippen LogP contribution in [0.25, 0.3) is 0 Å². The Labute approximate surface area is 122 Å². The van der Waals surface area contributed by atoms with Gasteiger partial charge in [-0.3, -0.25) is 4.79 Å². The first-order valence-corrected chi connectivity index (χ1v) is 6.92. The number of nitrogens with zero attached hydrogens (tertiary/aromatic N) is 1. The van der Waals surface area contributed by atoms with Gasteiger partial charge in [-0.2, -0.15) is 0 Å². The summed E-state index contributed by atoms with van der Waals surface area (Å²) in [6.45, 7) is 4.37. The number of benzene rings is 1. The topological polar surface area (TPSA) is 52.6 Å². The normalized spacial score (nSPS) is 14.3. The van der Waals surface area contributed by atoms with E-state index in [-0.39, 0.29) is 12.5 Å². The molecule has 1 amide bonds. The smallest absolute Gasteiger partial charge is 0.252 e. The van der Waals surface area contributed by atoms with E-state index in [1.54, 1.807) is 13.0 Å². The van der Waals surface area contributed by atoms with Crippen molar-refractivity contribution in [2.45, 2.75) is 19.4 Å². The second-order valence-electron chi connectivity index (χ2n) is 5.40. The van der Waals surface area contributed by atoms with E-state index < -0.39 is 5.60 Å². The Bertz CT molecular complexity index is 459. The molecule has 0 aliphatic carbocycles. The van der Waals surface area contributed by atoms with Crippen LogP contribution in [0.3, 0.4) is 0 Å². The van der Waals surface area contributed by atoms with Crippen molar-refractivity contribution in [3.05, 3.63) is 33.8 Å². The van der Waals surface area contributed by atoms with E-state index in [1.165, 1.54) is 0 Å². The molecule has 1 aromatic rings. The largest absolute Gasteiger partial charge is 0.387 e. The maximum atomic E-state index is 12.0. The zero-order valence-electron chi connectivity index (χ0n) is 11.8. The molecule has 0 spiro atoms. The lowest BCUT2D eigenvalue weighted by Gasteiger charge is -2.27. The van der Waals surface area contributed by atoms with Crippen LogP contribution in [0.2, 0.25) is 0 Å². The van der Waals surface area contributed by atoms with Gasteiger partial charge in [0, 0.05) is 17.6 Å². The third-order valence-corrected chi connectivity index (χ3v) is 3.31. The zero-order valence-corrected chi connectivity index (χ0v) is 13.4. The van der Waals surface area contributed by atoms with Crippen LogP contribution in [0.15, 0.2) is 22.7 Å². The molecule has 5 heteroatoms. The molecule has 0 radical (unpaired) electrons. The Balaban J connectivity index is 2.65. The molecule has 2 N–H and O–H groups in total. The van der Waals surface area contributed by atoms with Crippen molar-refractivity contribution in [1.82, 2.24) is 10.2 Å². The molecule has 1 rings (SSSR count). The van der Waals surface area contributed by atoms with Crippen molar-refractivity contribution in [2.75, 3.05) is 27.2 Å². The number of hydrogen-bond donors (Lipinski definition) is 2. The van der Waals surface area contributed by atoms with Crippen molar-refractivity contribution >= 4 is 21.8 Å². The molecular formula is C14H21BrN2O2. The Morgan fingerprint density at radius 3 is 2.63 bits per heavy atom. The molecule has 19 heavy (non-hydrogen) atoms. The van der Waals surface area contributed by atoms with Crippen molar-refractivity contribution in [1.29, 1.82) is 0 Å². The molecule has 0 saturated heterocycles. The number of amides is 1. The molecule has 106 valence electrons. The van der Waals surface area contributed by atoms with Crippen molar-refractivity contribution in [3.63, 3.8) is 0 Å². The van der Waals surface area contributed by atoms with Crippen LogP contribution in [-0.2, 0) is 0 Å². The zero-order chi connectivity index (χ0) is 14.6. The quantitative estimate of drug-likeness (QED) is 0.866. The number of hydrogen-bond acceptors (Lipinski definition) is 3. The number of nitrogens with one attached hydrogen (secondary N) is 1. The predicted molar refractivity (Wildman–Crippen MR) is 80.4 cm³/mol. The van der Waals surface area contributed by atoms with Gasteiger partial charge in [-0.25, -0.2) is 0 Å². The van der Waals surface area contributed by atoms with E-state index in [9.17, 15) is 9.90 Å². The van der Waals surface area contributed by atoms with Crippen LogP contribution < -0.4 is 5.32 Å². The molecular weight excluding hydrogens is 308 g/mol. The molecule has 1 unspecified atom stereocenters. The van der Waals surface area contributed by atoms with Crippen LogP contribution in [0.1, 0.15) is 22.8 Å². The van der Waals surface area contributed by atoms with Gasteiger partial charge < -0.3 is 15.3 Å². The number of carbonyl (C=O) groups excluding carboxylic acids is 1. The maximum Gasteiger partial charge on any atom is 0.252 e. The molecule has 1 atom stereocenters. The summed E-state index contributed by atoms with van der Waals surface area (Å²) in [5.41, 5.74) is 0.713. The van der Waals surface area contributed by atoms with Crippen LogP contribution in [0.5, 0.6) is 0 Å². The monoisotopic (exact) mass is 328 g/mol. The van der Waals surface area contributed by atoms with Crippen LogP contribution in [0, 0.1) is 6.92 Å². The highest BCUT2D eigenvalue weighted by molar-refractivity contribution is 9.10. The van der Waals surface area contributed by atoms with Gasteiger partial charge in [0.25, 0.3) is 5.91 Å². The molecule has 1 aromatic carbocycles. The number of carbonyl (C=O) groups is 1. The second kappa shape index (κ2) is 6.50. The molecule has 0 heterocycles. The maximum absolute atomic E-state index is 12.0. The number of halogens is 1. The fourth-order valence-corrected chi connectivity index (χ4v) is 2.58. The third kappa shape index (κ3) is 5.30. The van der Waals surface area contributed by atoms with Gasteiger partial charge in [-0.15, -0.1) is 0 Å². The predicted octanol–water partition coefficient (Wildman–Crippen LogP) is 1.80. The first-order valence-electron chi connectivity index (χ1n) is 6.13. The number of aryl methyl sites for hydroxylation is 1. The van der Waals surface area contributed by atoms with Crippen LogP contribution in [-0.4, -0.2) is 48.7 Å². The molecule has 0 saturated carbocycles. The number of aliphatic hydroxyl groups is 1. The van der Waals surface area contributed by atoms with Crippen LogP contribution in [0.4, 0.5) is 0 Å². The first-order chi connectivity index (χ1) is 8.71. The van der Waals surface area contributed by atoms with Gasteiger partial charge >= 0.3 is 0 Å². The Hall–Kier alpha value is -0.910. The van der Waals surface area contributed by atoms with Crippen molar-refractivity contribution < 1.29 is 9.90 Å². The van der Waals surface area contributed by atoms with Gasteiger partial charge in [0.1, 0.15) is 0 Å². The van der Waals surface area contributed by atoms with Crippen molar-refractivity contribution in [2.24, 2.45) is 0 Å². The lowest BCUT2D eigenvalue weighted by molar-refractivity contribution is 0.0326. The minimum absolute atomic E-state index is 0.189. The van der Waals surface area contributed by atoms with E-state index in [2.05, 4.69) is 21.2 Å². The summed E-state index contributed by atoms with van der Waals surface area (Å²) in [6.07, 6.45) is 0. The Morgan fingerprint density at radius 2 is 2.11 bits per heavy atom. The number of likely N-dealkylation sites (N-methyl/N-ethyl adjacent to an activating group) is 1. The summed E-state index contributed by atoms with van der Waals surface area (Å²) in [5.74, 6) is -0.189. The lowest BCUT2D eigenvalue weighted by Crippen LogP contribution is -2.47. The van der Waals surface area contributed by atoms with E-state index >= 15 is 0 Å². The van der Waals surface area contributed by atoms with Gasteiger partial charge in [-0.05, 0) is 61.6 Å². The Morgan fingerprint density at radius 1 is 1.47 bits per heavy atom. The first kappa shape index (κ1) is 16.1. The minimum Gasteiger partial charge on any atom is -0.387 e. The van der Waals surface area contributed by atoms with E-state index in [4.69, 9.17) is 0 Å².